The Morgan fingerprint density at radius 2 is 1.87 bits per heavy atom. The largest absolute Gasteiger partial charge is 0.455 e. The average molecular weight is 327 g/mol. The van der Waals surface area contributed by atoms with Gasteiger partial charge in [0.25, 0.3) is 5.91 Å². The minimum absolute atomic E-state index is 0.103. The molecule has 0 saturated heterocycles. The van der Waals surface area contributed by atoms with E-state index in [9.17, 15) is 9.59 Å². The van der Waals surface area contributed by atoms with Crippen molar-refractivity contribution in [3.63, 3.8) is 0 Å². The summed E-state index contributed by atoms with van der Waals surface area (Å²) in [6.45, 7) is 1.95. The van der Waals surface area contributed by atoms with Crippen molar-refractivity contribution in [1.29, 1.82) is 0 Å². The predicted octanol–water partition coefficient (Wildman–Crippen LogP) is 3.68. The molecule has 5 heteroatoms. The third-order valence-electron chi connectivity index (χ3n) is 3.75. The van der Waals surface area contributed by atoms with E-state index in [-0.39, 0.29) is 11.3 Å². The van der Waals surface area contributed by atoms with Crippen molar-refractivity contribution in [1.82, 2.24) is 4.90 Å². The molecule has 118 valence electrons. The lowest BCUT2D eigenvalue weighted by atomic mass is 10.1. The fourth-order valence-corrected chi connectivity index (χ4v) is 3.25. The molecule has 2 aromatic carbocycles. The van der Waals surface area contributed by atoms with Crippen LogP contribution in [0.3, 0.4) is 0 Å². The summed E-state index contributed by atoms with van der Waals surface area (Å²) in [6.07, 6.45) is 1.96. The van der Waals surface area contributed by atoms with Gasteiger partial charge in [-0.25, -0.2) is 0 Å². The van der Waals surface area contributed by atoms with Gasteiger partial charge in [-0.2, -0.15) is 0 Å². The average Bonchev–Trinajstić information content (AvgIpc) is 2.54. The number of benzene rings is 2. The molecule has 1 aromatic heterocycles. The molecule has 23 heavy (non-hydrogen) atoms. The van der Waals surface area contributed by atoms with Crippen LogP contribution in [0.1, 0.15) is 15.9 Å². The molecule has 4 nitrogen and oxygen atoms in total. The van der Waals surface area contributed by atoms with E-state index in [1.165, 1.54) is 4.90 Å². The molecule has 0 unspecified atom stereocenters. The Labute approximate surface area is 138 Å². The van der Waals surface area contributed by atoms with E-state index in [4.69, 9.17) is 4.42 Å². The Morgan fingerprint density at radius 1 is 1.13 bits per heavy atom. The van der Waals surface area contributed by atoms with Gasteiger partial charge in [-0.1, -0.05) is 0 Å². The maximum Gasteiger partial charge on any atom is 0.253 e. The van der Waals surface area contributed by atoms with Gasteiger partial charge < -0.3 is 9.32 Å². The first-order chi connectivity index (χ1) is 10.9. The lowest BCUT2D eigenvalue weighted by Gasteiger charge is -2.11. The molecule has 0 aliphatic heterocycles. The van der Waals surface area contributed by atoms with E-state index in [2.05, 4.69) is 0 Å². The monoisotopic (exact) mass is 327 g/mol. The van der Waals surface area contributed by atoms with Gasteiger partial charge in [-0.05, 0) is 49.1 Å². The van der Waals surface area contributed by atoms with Crippen molar-refractivity contribution in [2.45, 2.75) is 11.8 Å². The molecule has 0 N–H and O–H groups in total. The molecule has 0 aliphatic rings. The topological polar surface area (TPSA) is 50.5 Å². The number of carbonyl (C=O) groups excluding carboxylic acids is 1. The van der Waals surface area contributed by atoms with Crippen LogP contribution >= 0.6 is 11.8 Å². The summed E-state index contributed by atoms with van der Waals surface area (Å²) in [5.41, 5.74) is 2.49. The first kappa shape index (κ1) is 15.6. The van der Waals surface area contributed by atoms with Gasteiger partial charge >= 0.3 is 0 Å². The van der Waals surface area contributed by atoms with Crippen LogP contribution in [-0.4, -0.2) is 31.2 Å². The number of rotatable bonds is 2. The Kier molecular flexibility index (Phi) is 3.90. The summed E-state index contributed by atoms with van der Waals surface area (Å²) in [5, 5.41) is 0.985. The molecule has 0 saturated carbocycles. The summed E-state index contributed by atoms with van der Waals surface area (Å²) in [6, 6.07) is 8.83. The maximum absolute atomic E-state index is 12.9. The van der Waals surface area contributed by atoms with Crippen molar-refractivity contribution < 1.29 is 9.21 Å². The normalized spacial score (nSPS) is 11.1. The molecule has 3 rings (SSSR count). The van der Waals surface area contributed by atoms with Gasteiger partial charge in [0.05, 0.1) is 15.7 Å². The van der Waals surface area contributed by atoms with E-state index < -0.39 is 0 Å². The minimum Gasteiger partial charge on any atom is -0.455 e. The molecule has 0 aliphatic carbocycles. The fraction of sp³-hybridized carbons (Fsp3) is 0.222. The predicted molar refractivity (Wildman–Crippen MR) is 94.5 cm³/mol. The molecule has 0 radical (unpaired) electrons. The molecule has 1 amide bonds. The lowest BCUT2D eigenvalue weighted by Crippen LogP contribution is -2.21. The van der Waals surface area contributed by atoms with Gasteiger partial charge in [0.2, 0.25) is 5.43 Å². The van der Waals surface area contributed by atoms with Crippen LogP contribution in [0.15, 0.2) is 44.4 Å². The standard InChI is InChI=1S/C18H17NO3S/c1-10-7-13-16(20)12-9-11(18(21)19(2)3)5-6-14(12)22-17(13)15(8-10)23-4/h5-9H,1-4H3. The number of thioether (sulfide) groups is 1. The third-order valence-corrected chi connectivity index (χ3v) is 4.50. The van der Waals surface area contributed by atoms with Crippen LogP contribution in [0.5, 0.6) is 0 Å². The number of fused-ring (bicyclic) bond motifs is 2. The van der Waals surface area contributed by atoms with Crippen molar-refractivity contribution in [2.24, 2.45) is 0 Å². The second-order valence-corrected chi connectivity index (χ2v) is 6.53. The number of carbonyl (C=O) groups is 1. The Hall–Kier alpha value is -2.27. The molecule has 0 atom stereocenters. The van der Waals surface area contributed by atoms with Crippen LogP contribution in [-0.2, 0) is 0 Å². The minimum atomic E-state index is -0.138. The van der Waals surface area contributed by atoms with Gasteiger partial charge in [-0.15, -0.1) is 11.8 Å². The van der Waals surface area contributed by atoms with Gasteiger partial charge in [0, 0.05) is 19.7 Å². The molecule has 0 bridgehead atoms. The maximum atomic E-state index is 12.9. The second kappa shape index (κ2) is 5.74. The van der Waals surface area contributed by atoms with E-state index in [0.29, 0.717) is 27.5 Å². The second-order valence-electron chi connectivity index (χ2n) is 5.69. The van der Waals surface area contributed by atoms with Gasteiger partial charge in [0.15, 0.2) is 5.58 Å². The zero-order valence-corrected chi connectivity index (χ0v) is 14.3. The smallest absolute Gasteiger partial charge is 0.253 e. The van der Waals surface area contributed by atoms with Crippen molar-refractivity contribution in [3.05, 3.63) is 51.7 Å². The number of nitrogens with zero attached hydrogens (tertiary/aromatic N) is 1. The van der Waals surface area contributed by atoms with Crippen molar-refractivity contribution >= 4 is 39.6 Å². The van der Waals surface area contributed by atoms with E-state index in [1.807, 2.05) is 25.3 Å². The van der Waals surface area contributed by atoms with Crippen molar-refractivity contribution in [2.75, 3.05) is 20.4 Å². The van der Waals surface area contributed by atoms with Crippen LogP contribution in [0, 0.1) is 6.92 Å². The number of amides is 1. The fourth-order valence-electron chi connectivity index (χ4n) is 2.61. The molecular weight excluding hydrogens is 310 g/mol. The van der Waals surface area contributed by atoms with E-state index >= 15 is 0 Å². The van der Waals surface area contributed by atoms with Crippen LogP contribution in [0.25, 0.3) is 21.9 Å². The Balaban J connectivity index is 2.38. The molecule has 0 spiro atoms. The van der Waals surface area contributed by atoms with Gasteiger partial charge in [-0.3, -0.25) is 9.59 Å². The molecule has 1 heterocycles. The zero-order valence-electron chi connectivity index (χ0n) is 13.5. The lowest BCUT2D eigenvalue weighted by molar-refractivity contribution is 0.0828. The Morgan fingerprint density at radius 3 is 2.52 bits per heavy atom. The highest BCUT2D eigenvalue weighted by molar-refractivity contribution is 7.98. The highest BCUT2D eigenvalue weighted by Gasteiger charge is 2.15. The van der Waals surface area contributed by atoms with Crippen LogP contribution in [0.2, 0.25) is 0 Å². The van der Waals surface area contributed by atoms with E-state index in [1.54, 1.807) is 44.1 Å². The van der Waals surface area contributed by atoms with Gasteiger partial charge in [0.1, 0.15) is 5.58 Å². The zero-order chi connectivity index (χ0) is 16.7. The molecule has 0 fully saturated rings. The number of hydrogen-bond acceptors (Lipinski definition) is 4. The highest BCUT2D eigenvalue weighted by Crippen LogP contribution is 2.29. The summed E-state index contributed by atoms with van der Waals surface area (Å²) in [7, 11) is 3.37. The highest BCUT2D eigenvalue weighted by atomic mass is 32.2. The first-order valence-electron chi connectivity index (χ1n) is 7.19. The summed E-state index contributed by atoms with van der Waals surface area (Å²) >= 11 is 1.55. The summed E-state index contributed by atoms with van der Waals surface area (Å²) < 4.78 is 5.95. The Bertz CT molecular complexity index is 989. The summed E-state index contributed by atoms with van der Waals surface area (Å²) in [5.74, 6) is -0.138. The molecular formula is C18H17NO3S. The van der Waals surface area contributed by atoms with Crippen LogP contribution < -0.4 is 5.43 Å². The number of hydrogen-bond donors (Lipinski definition) is 0. The number of aryl methyl sites for hydroxylation is 1. The van der Waals surface area contributed by atoms with Crippen molar-refractivity contribution in [3.8, 4) is 0 Å². The third kappa shape index (κ3) is 2.61. The molecule has 3 aromatic rings. The van der Waals surface area contributed by atoms with E-state index in [0.717, 1.165) is 10.5 Å². The SMILES string of the molecule is CSc1cc(C)cc2c(=O)c3cc(C(=O)N(C)C)ccc3oc12. The van der Waals surface area contributed by atoms with Crippen LogP contribution in [0.4, 0.5) is 0 Å². The quantitative estimate of drug-likeness (QED) is 0.532. The summed E-state index contributed by atoms with van der Waals surface area (Å²) in [4.78, 5) is 27.4. The first-order valence-corrected chi connectivity index (χ1v) is 8.41.